The van der Waals surface area contributed by atoms with E-state index >= 15 is 0 Å². The highest BCUT2D eigenvalue weighted by atomic mass is 28.4. The lowest BCUT2D eigenvalue weighted by Crippen LogP contribution is -2.67. The second-order valence-corrected chi connectivity index (χ2v) is 17.4. The van der Waals surface area contributed by atoms with Crippen LogP contribution in [0.2, 0.25) is 5.04 Å². The van der Waals surface area contributed by atoms with Gasteiger partial charge >= 0.3 is 5.97 Å². The van der Waals surface area contributed by atoms with Crippen molar-refractivity contribution in [2.75, 3.05) is 40.0 Å². The molecule has 1 saturated heterocycles. The molecule has 0 unspecified atom stereocenters. The zero-order valence-corrected chi connectivity index (χ0v) is 27.8. The first-order chi connectivity index (χ1) is 20.5. The van der Waals surface area contributed by atoms with Crippen LogP contribution < -0.4 is 20.4 Å². The van der Waals surface area contributed by atoms with E-state index < -0.39 is 13.9 Å². The van der Waals surface area contributed by atoms with Crippen molar-refractivity contribution in [2.24, 2.45) is 5.92 Å². The van der Waals surface area contributed by atoms with Gasteiger partial charge in [0.15, 0.2) is 0 Å². The van der Waals surface area contributed by atoms with Crippen LogP contribution in [0.4, 0.5) is 0 Å². The molecular formula is C35H49N3O4Si. The van der Waals surface area contributed by atoms with Gasteiger partial charge in [0.25, 0.3) is 8.32 Å². The Hall–Kier alpha value is -3.04. The standard InChI is InChI=1S/C35H49N3O4Si/c1-34(2,3)43(30-13-9-7-10-14-30,31-15-11-8-12-16-31)42-27-28-19-21-38(22-20-28)23-24-41-32-18-17-29(25-36-32)26-37-35(4,5)33(39)40-6/h7-18,25,28,37H,19-24,26-27H2,1-6H3. The fourth-order valence-corrected chi connectivity index (χ4v) is 10.6. The second kappa shape index (κ2) is 14.6. The number of esters is 1. The van der Waals surface area contributed by atoms with Crippen molar-refractivity contribution in [3.63, 3.8) is 0 Å². The van der Waals surface area contributed by atoms with Gasteiger partial charge in [-0.25, -0.2) is 4.98 Å². The molecular weight excluding hydrogens is 554 g/mol. The van der Waals surface area contributed by atoms with E-state index in [1.807, 2.05) is 12.1 Å². The molecule has 0 aliphatic carbocycles. The molecule has 0 amide bonds. The first kappa shape index (κ1) is 32.9. The molecule has 3 aromatic rings. The van der Waals surface area contributed by atoms with Gasteiger partial charge in [0, 0.05) is 32.0 Å². The number of aromatic nitrogens is 1. The Kier molecular flexibility index (Phi) is 11.2. The molecule has 2 heterocycles. The van der Waals surface area contributed by atoms with Crippen molar-refractivity contribution in [2.45, 2.75) is 64.6 Å². The molecule has 0 radical (unpaired) electrons. The van der Waals surface area contributed by atoms with Crippen LogP contribution >= 0.6 is 0 Å². The first-order valence-electron chi connectivity index (χ1n) is 15.4. The highest BCUT2D eigenvalue weighted by molar-refractivity contribution is 6.99. The number of methoxy groups -OCH3 is 1. The van der Waals surface area contributed by atoms with Gasteiger partial charge in [-0.2, -0.15) is 0 Å². The molecule has 232 valence electrons. The van der Waals surface area contributed by atoms with Gasteiger partial charge in [-0.3, -0.25) is 15.0 Å². The van der Waals surface area contributed by atoms with Crippen molar-refractivity contribution in [3.8, 4) is 5.88 Å². The molecule has 0 saturated carbocycles. The molecule has 1 aromatic heterocycles. The number of pyridine rings is 1. The van der Waals surface area contributed by atoms with Gasteiger partial charge in [-0.05, 0) is 66.7 Å². The average molecular weight is 604 g/mol. The molecule has 1 aliphatic rings. The van der Waals surface area contributed by atoms with E-state index in [2.05, 4.69) is 96.6 Å². The summed E-state index contributed by atoms with van der Waals surface area (Å²) in [5.41, 5.74) is 0.219. The smallest absolute Gasteiger partial charge is 0.325 e. The summed E-state index contributed by atoms with van der Waals surface area (Å²) >= 11 is 0. The molecule has 7 nitrogen and oxygen atoms in total. The number of hydrogen-bond donors (Lipinski definition) is 1. The van der Waals surface area contributed by atoms with Crippen LogP contribution in [0.3, 0.4) is 0 Å². The lowest BCUT2D eigenvalue weighted by molar-refractivity contribution is -0.147. The summed E-state index contributed by atoms with van der Waals surface area (Å²) in [6.45, 7) is 15.5. The van der Waals surface area contributed by atoms with Crippen molar-refractivity contribution >= 4 is 24.7 Å². The molecule has 1 fully saturated rings. The third-order valence-electron chi connectivity index (χ3n) is 8.54. The summed E-state index contributed by atoms with van der Waals surface area (Å²) in [6, 6.07) is 25.7. The fraction of sp³-hybridized carbons (Fsp3) is 0.486. The van der Waals surface area contributed by atoms with Crippen LogP contribution in [-0.4, -0.2) is 69.7 Å². The summed E-state index contributed by atoms with van der Waals surface area (Å²) < 4.78 is 18.0. The van der Waals surface area contributed by atoms with Crippen LogP contribution in [0.15, 0.2) is 79.0 Å². The van der Waals surface area contributed by atoms with E-state index in [-0.39, 0.29) is 11.0 Å². The molecule has 2 aromatic carbocycles. The third-order valence-corrected chi connectivity index (χ3v) is 13.5. The van der Waals surface area contributed by atoms with E-state index in [0.717, 1.165) is 44.6 Å². The monoisotopic (exact) mass is 603 g/mol. The number of ether oxygens (including phenoxy) is 2. The number of hydrogen-bond acceptors (Lipinski definition) is 7. The molecule has 1 N–H and O–H groups in total. The molecule has 43 heavy (non-hydrogen) atoms. The van der Waals surface area contributed by atoms with Crippen LogP contribution in [-0.2, 0) is 20.5 Å². The highest BCUT2D eigenvalue weighted by Gasteiger charge is 2.50. The van der Waals surface area contributed by atoms with E-state index in [1.54, 1.807) is 20.0 Å². The van der Waals surface area contributed by atoms with Crippen LogP contribution in [0.1, 0.15) is 53.0 Å². The zero-order chi connectivity index (χ0) is 30.9. The quantitative estimate of drug-likeness (QED) is 0.223. The Morgan fingerprint density at radius 3 is 2.05 bits per heavy atom. The molecule has 0 atom stereocenters. The normalized spacial score (nSPS) is 15.3. The molecule has 4 rings (SSSR count). The summed E-state index contributed by atoms with van der Waals surface area (Å²) in [5, 5.41) is 5.88. The summed E-state index contributed by atoms with van der Waals surface area (Å²) in [5.74, 6) is 0.867. The molecule has 0 spiro atoms. The number of nitrogens with zero attached hydrogens (tertiary/aromatic N) is 2. The summed E-state index contributed by atoms with van der Waals surface area (Å²) in [4.78, 5) is 18.8. The van der Waals surface area contributed by atoms with E-state index in [4.69, 9.17) is 13.9 Å². The van der Waals surface area contributed by atoms with Gasteiger partial charge in [-0.15, -0.1) is 0 Å². The molecule has 1 aliphatic heterocycles. The number of benzene rings is 2. The Bertz CT molecular complexity index is 1230. The Morgan fingerprint density at radius 2 is 1.53 bits per heavy atom. The van der Waals surface area contributed by atoms with Crippen molar-refractivity contribution in [1.29, 1.82) is 0 Å². The zero-order valence-electron chi connectivity index (χ0n) is 26.8. The minimum absolute atomic E-state index is 0.00383. The summed E-state index contributed by atoms with van der Waals surface area (Å²) in [7, 11) is -1.10. The van der Waals surface area contributed by atoms with E-state index in [9.17, 15) is 4.79 Å². The van der Waals surface area contributed by atoms with Crippen molar-refractivity contribution in [3.05, 3.63) is 84.6 Å². The highest BCUT2D eigenvalue weighted by Crippen LogP contribution is 2.37. The number of nitrogens with one attached hydrogen (secondary N) is 1. The van der Waals surface area contributed by atoms with Crippen LogP contribution in [0, 0.1) is 5.92 Å². The lowest BCUT2D eigenvalue weighted by Gasteiger charge is -2.44. The first-order valence-corrected chi connectivity index (χ1v) is 17.3. The third kappa shape index (κ3) is 8.32. The number of likely N-dealkylation sites (tertiary alicyclic amines) is 1. The Labute approximate surface area is 259 Å². The minimum Gasteiger partial charge on any atom is -0.476 e. The summed E-state index contributed by atoms with van der Waals surface area (Å²) in [6.07, 6.45) is 4.03. The maximum absolute atomic E-state index is 11.9. The lowest BCUT2D eigenvalue weighted by atomic mass is 9.98. The second-order valence-electron chi connectivity index (χ2n) is 13.1. The minimum atomic E-state index is -2.50. The maximum atomic E-state index is 11.9. The Balaban J connectivity index is 1.26. The fourth-order valence-electron chi connectivity index (χ4n) is 5.91. The van der Waals surface area contributed by atoms with Crippen molar-refractivity contribution < 1.29 is 18.7 Å². The number of piperidine rings is 1. The predicted octanol–water partition coefficient (Wildman–Crippen LogP) is 4.79. The van der Waals surface area contributed by atoms with Gasteiger partial charge in [0.1, 0.15) is 12.1 Å². The topological polar surface area (TPSA) is 72.9 Å². The Morgan fingerprint density at radius 1 is 0.930 bits per heavy atom. The van der Waals surface area contributed by atoms with Gasteiger partial charge in [0.05, 0.1) is 7.11 Å². The SMILES string of the molecule is COC(=O)C(C)(C)NCc1ccc(OCCN2CCC(CO[Si](c3ccccc3)(c3ccccc3)C(C)(C)C)CC2)nc1. The molecule has 0 bridgehead atoms. The van der Waals surface area contributed by atoms with E-state index in [0.29, 0.717) is 24.9 Å². The van der Waals surface area contributed by atoms with Crippen LogP contribution in [0.25, 0.3) is 0 Å². The maximum Gasteiger partial charge on any atom is 0.325 e. The average Bonchev–Trinajstić information content (AvgIpc) is 3.01. The number of carbonyl (C=O) groups excluding carboxylic acids is 1. The largest absolute Gasteiger partial charge is 0.476 e. The van der Waals surface area contributed by atoms with E-state index in [1.165, 1.54) is 17.5 Å². The van der Waals surface area contributed by atoms with Gasteiger partial charge in [0.2, 0.25) is 5.88 Å². The van der Waals surface area contributed by atoms with Gasteiger partial charge < -0.3 is 13.9 Å². The molecule has 8 heteroatoms. The van der Waals surface area contributed by atoms with Gasteiger partial charge in [-0.1, -0.05) is 87.5 Å². The van der Waals surface area contributed by atoms with Crippen molar-refractivity contribution in [1.82, 2.24) is 15.2 Å². The number of rotatable bonds is 13. The number of carbonyl (C=O) groups is 1. The predicted molar refractivity (Wildman–Crippen MR) is 175 cm³/mol. The van der Waals surface area contributed by atoms with Crippen LogP contribution in [0.5, 0.6) is 5.88 Å².